The van der Waals surface area contributed by atoms with Crippen LogP contribution < -0.4 is 11.5 Å². The summed E-state index contributed by atoms with van der Waals surface area (Å²) in [4.78, 5) is 25.9. The Balaban J connectivity index is 4.56. The van der Waals surface area contributed by atoms with Crippen molar-refractivity contribution in [3.05, 3.63) is 0 Å². The molecule has 0 aliphatic carbocycles. The van der Waals surface area contributed by atoms with E-state index in [2.05, 4.69) is 6.92 Å². The van der Waals surface area contributed by atoms with E-state index in [9.17, 15) is 14.7 Å². The Hall–Kier alpha value is -1.14. The van der Waals surface area contributed by atoms with Crippen LogP contribution in [0.2, 0.25) is 0 Å². The third kappa shape index (κ3) is 9.06. The molecule has 0 saturated heterocycles. The molecule has 3 atom stereocenters. The highest BCUT2D eigenvalue weighted by molar-refractivity contribution is 5.89. The highest BCUT2D eigenvalue weighted by Gasteiger charge is 2.49. The molecule has 0 fully saturated rings. The first-order valence-electron chi connectivity index (χ1n) is 10.7. The SMILES string of the molecule is CCCCCCCCCCCCC(N)(C(=O)O)C(C(N)=O)C(CC)N(C)C. The number of nitrogens with zero attached hydrogens (tertiary/aromatic N) is 1. The van der Waals surface area contributed by atoms with Crippen LogP contribution in [0.4, 0.5) is 0 Å². The second-order valence-corrected chi connectivity index (χ2v) is 8.10. The molecule has 0 bridgehead atoms. The first kappa shape index (κ1) is 25.9. The number of hydrogen-bond acceptors (Lipinski definition) is 4. The van der Waals surface area contributed by atoms with E-state index in [4.69, 9.17) is 11.5 Å². The fraction of sp³-hybridized carbons (Fsp3) is 0.905. The van der Waals surface area contributed by atoms with Crippen LogP contribution in [0.3, 0.4) is 0 Å². The van der Waals surface area contributed by atoms with Crippen molar-refractivity contribution in [2.75, 3.05) is 14.1 Å². The zero-order chi connectivity index (χ0) is 20.9. The monoisotopic (exact) mass is 385 g/mol. The molecule has 1 amide bonds. The summed E-state index contributed by atoms with van der Waals surface area (Å²) >= 11 is 0. The molecule has 0 aromatic carbocycles. The van der Waals surface area contributed by atoms with Crippen LogP contribution in [0.25, 0.3) is 0 Å². The van der Waals surface area contributed by atoms with Crippen molar-refractivity contribution in [3.8, 4) is 0 Å². The molecule has 27 heavy (non-hydrogen) atoms. The lowest BCUT2D eigenvalue weighted by Gasteiger charge is -2.39. The molecule has 0 saturated carbocycles. The van der Waals surface area contributed by atoms with Gasteiger partial charge < -0.3 is 21.5 Å². The maximum absolute atomic E-state index is 12.1. The average molecular weight is 386 g/mol. The Kier molecular flexibility index (Phi) is 13.4. The van der Waals surface area contributed by atoms with Crippen LogP contribution in [0.1, 0.15) is 90.9 Å². The summed E-state index contributed by atoms with van der Waals surface area (Å²) < 4.78 is 0. The molecule has 6 nitrogen and oxygen atoms in total. The van der Waals surface area contributed by atoms with Crippen molar-refractivity contribution >= 4 is 11.9 Å². The molecule has 0 aliphatic rings. The van der Waals surface area contributed by atoms with Gasteiger partial charge >= 0.3 is 5.97 Å². The van der Waals surface area contributed by atoms with E-state index in [1.54, 1.807) is 0 Å². The molecule has 5 N–H and O–H groups in total. The third-order valence-electron chi connectivity index (χ3n) is 5.67. The lowest BCUT2D eigenvalue weighted by Crippen LogP contribution is -2.63. The van der Waals surface area contributed by atoms with Crippen molar-refractivity contribution in [1.82, 2.24) is 4.90 Å². The van der Waals surface area contributed by atoms with Crippen molar-refractivity contribution < 1.29 is 14.7 Å². The third-order valence-corrected chi connectivity index (χ3v) is 5.67. The van der Waals surface area contributed by atoms with Crippen molar-refractivity contribution in [2.45, 2.75) is 102 Å². The minimum absolute atomic E-state index is 0.275. The van der Waals surface area contributed by atoms with Gasteiger partial charge in [-0.1, -0.05) is 78.1 Å². The van der Waals surface area contributed by atoms with Gasteiger partial charge in [-0.25, -0.2) is 0 Å². The van der Waals surface area contributed by atoms with Crippen LogP contribution in [0, 0.1) is 5.92 Å². The van der Waals surface area contributed by atoms with E-state index in [0.717, 1.165) is 12.8 Å². The topological polar surface area (TPSA) is 110 Å². The highest BCUT2D eigenvalue weighted by atomic mass is 16.4. The highest BCUT2D eigenvalue weighted by Crippen LogP contribution is 2.29. The zero-order valence-corrected chi connectivity index (χ0v) is 18.0. The minimum Gasteiger partial charge on any atom is -0.480 e. The number of hydrogen-bond donors (Lipinski definition) is 3. The molecule has 0 spiro atoms. The van der Waals surface area contributed by atoms with E-state index in [1.165, 1.54) is 44.9 Å². The Morgan fingerprint density at radius 1 is 0.926 bits per heavy atom. The Morgan fingerprint density at radius 2 is 1.37 bits per heavy atom. The Labute approximate surface area is 166 Å². The number of carboxylic acids is 1. The van der Waals surface area contributed by atoms with Gasteiger partial charge in [-0.05, 0) is 26.9 Å². The van der Waals surface area contributed by atoms with Gasteiger partial charge in [-0.2, -0.15) is 0 Å². The number of primary amides is 1. The second-order valence-electron chi connectivity index (χ2n) is 8.10. The minimum atomic E-state index is -1.61. The molecule has 3 unspecified atom stereocenters. The molecule has 0 rings (SSSR count). The van der Waals surface area contributed by atoms with E-state index in [0.29, 0.717) is 12.8 Å². The van der Waals surface area contributed by atoms with Gasteiger partial charge in [0.05, 0.1) is 5.92 Å². The van der Waals surface area contributed by atoms with E-state index in [-0.39, 0.29) is 12.5 Å². The normalized spacial score (nSPS) is 16.1. The van der Waals surface area contributed by atoms with Crippen LogP contribution in [0.15, 0.2) is 0 Å². The van der Waals surface area contributed by atoms with Gasteiger partial charge in [-0.3, -0.25) is 9.59 Å². The Bertz CT molecular complexity index is 429. The lowest BCUT2D eigenvalue weighted by molar-refractivity contribution is -0.151. The van der Waals surface area contributed by atoms with E-state index in [1.807, 2.05) is 25.9 Å². The average Bonchev–Trinajstić information content (AvgIpc) is 2.60. The molecule has 0 radical (unpaired) electrons. The van der Waals surface area contributed by atoms with Gasteiger partial charge in [0, 0.05) is 6.04 Å². The van der Waals surface area contributed by atoms with E-state index >= 15 is 0 Å². The van der Waals surface area contributed by atoms with Gasteiger partial charge in [0.2, 0.25) is 5.91 Å². The fourth-order valence-electron chi connectivity index (χ4n) is 3.99. The first-order valence-corrected chi connectivity index (χ1v) is 10.7. The summed E-state index contributed by atoms with van der Waals surface area (Å²) in [6, 6.07) is -0.285. The summed E-state index contributed by atoms with van der Waals surface area (Å²) in [5.74, 6) is -2.68. The van der Waals surface area contributed by atoms with Crippen LogP contribution in [-0.2, 0) is 9.59 Å². The quantitative estimate of drug-likeness (QED) is 0.332. The maximum atomic E-state index is 12.1. The molecule has 6 heteroatoms. The number of carboxylic acid groups (broad SMARTS) is 1. The molecule has 0 aliphatic heterocycles. The molecular formula is C21H43N3O3. The van der Waals surface area contributed by atoms with Gasteiger partial charge in [-0.15, -0.1) is 0 Å². The van der Waals surface area contributed by atoms with Crippen molar-refractivity contribution in [2.24, 2.45) is 17.4 Å². The number of carbonyl (C=O) groups excluding carboxylic acids is 1. The summed E-state index contributed by atoms with van der Waals surface area (Å²) in [6.45, 7) is 4.14. The number of carbonyl (C=O) groups is 2. The predicted molar refractivity (Wildman–Crippen MR) is 111 cm³/mol. The summed E-state index contributed by atoms with van der Waals surface area (Å²) in [6.07, 6.45) is 12.5. The summed E-state index contributed by atoms with van der Waals surface area (Å²) in [5, 5.41) is 9.77. The van der Waals surface area contributed by atoms with E-state index < -0.39 is 23.3 Å². The number of nitrogens with two attached hydrogens (primary N) is 2. The van der Waals surface area contributed by atoms with Gasteiger partial charge in [0.25, 0.3) is 0 Å². The number of aliphatic carboxylic acids is 1. The lowest BCUT2D eigenvalue weighted by atomic mass is 9.74. The van der Waals surface area contributed by atoms with Crippen LogP contribution in [0.5, 0.6) is 0 Å². The van der Waals surface area contributed by atoms with Gasteiger partial charge in [0.1, 0.15) is 5.54 Å². The van der Waals surface area contributed by atoms with Crippen molar-refractivity contribution in [3.63, 3.8) is 0 Å². The molecule has 160 valence electrons. The molecule has 0 aromatic heterocycles. The standard InChI is InChI=1S/C21H43N3O3/c1-5-7-8-9-10-11-12-13-14-15-16-21(23,20(26)27)18(19(22)25)17(6-2)24(3)4/h17-18H,5-16,23H2,1-4H3,(H2,22,25)(H,26,27). The Morgan fingerprint density at radius 3 is 1.70 bits per heavy atom. The summed E-state index contributed by atoms with van der Waals surface area (Å²) in [7, 11) is 3.65. The molecular weight excluding hydrogens is 342 g/mol. The maximum Gasteiger partial charge on any atom is 0.324 e. The molecule has 0 heterocycles. The zero-order valence-electron chi connectivity index (χ0n) is 18.0. The smallest absolute Gasteiger partial charge is 0.324 e. The van der Waals surface area contributed by atoms with Gasteiger partial charge in [0.15, 0.2) is 0 Å². The van der Waals surface area contributed by atoms with Crippen LogP contribution in [-0.4, -0.2) is 47.6 Å². The van der Waals surface area contributed by atoms with Crippen molar-refractivity contribution in [1.29, 1.82) is 0 Å². The largest absolute Gasteiger partial charge is 0.480 e. The molecule has 0 aromatic rings. The number of amides is 1. The number of unbranched alkanes of at least 4 members (excludes halogenated alkanes) is 9. The van der Waals surface area contributed by atoms with Crippen LogP contribution >= 0.6 is 0 Å². The first-order chi connectivity index (χ1) is 12.7. The predicted octanol–water partition coefficient (Wildman–Crippen LogP) is 3.52. The number of rotatable bonds is 17. The summed E-state index contributed by atoms with van der Waals surface area (Å²) in [5.41, 5.74) is 10.3. The fourth-order valence-corrected chi connectivity index (χ4v) is 3.99. The second kappa shape index (κ2) is 13.9.